The Bertz CT molecular complexity index is 376. The van der Waals surface area contributed by atoms with Crippen molar-refractivity contribution in [1.29, 1.82) is 0 Å². The summed E-state index contributed by atoms with van der Waals surface area (Å²) in [5, 5.41) is 5.05. The molecule has 5 nitrogen and oxygen atoms in total. The number of esters is 1. The van der Waals surface area contributed by atoms with Crippen LogP contribution in [0.2, 0.25) is 0 Å². The van der Waals surface area contributed by atoms with Crippen LogP contribution in [0.4, 0.5) is 0 Å². The molecule has 0 saturated heterocycles. The van der Waals surface area contributed by atoms with Crippen LogP contribution < -0.4 is 5.56 Å². The predicted molar refractivity (Wildman–Crippen MR) is 51.5 cm³/mol. The fraction of sp³-hybridized carbons (Fsp3) is 0.556. The Morgan fingerprint density at radius 2 is 2.07 bits per heavy atom. The molecular weight excluding hydrogens is 184 g/mol. The van der Waals surface area contributed by atoms with E-state index in [1.807, 2.05) is 13.8 Å². The number of ether oxygens (including phenoxy) is 1. The summed E-state index contributed by atoms with van der Waals surface area (Å²) >= 11 is 0. The smallest absolute Gasteiger partial charge is 0.345 e. The summed E-state index contributed by atoms with van der Waals surface area (Å²) in [6.45, 7) is 5.75. The summed E-state index contributed by atoms with van der Waals surface area (Å²) in [7, 11) is 0. The van der Waals surface area contributed by atoms with Gasteiger partial charge in [-0.2, -0.15) is 0 Å². The lowest BCUT2D eigenvalue weighted by molar-refractivity contribution is 0.0523. The summed E-state index contributed by atoms with van der Waals surface area (Å²) in [5.74, 6) is -0.493. The number of nitrogens with one attached hydrogen (secondary N) is 2. The van der Waals surface area contributed by atoms with Crippen molar-refractivity contribution in [2.24, 2.45) is 0 Å². The van der Waals surface area contributed by atoms with Gasteiger partial charge in [-0.15, -0.1) is 0 Å². The van der Waals surface area contributed by atoms with E-state index in [4.69, 9.17) is 4.74 Å². The third-order valence-corrected chi connectivity index (χ3v) is 1.86. The van der Waals surface area contributed by atoms with Gasteiger partial charge in [-0.05, 0) is 12.8 Å². The number of aromatic nitrogens is 2. The minimum atomic E-state index is -0.571. The molecule has 0 aromatic carbocycles. The quantitative estimate of drug-likeness (QED) is 0.711. The van der Waals surface area contributed by atoms with E-state index in [2.05, 4.69) is 10.2 Å². The maximum atomic E-state index is 11.4. The number of aromatic amines is 2. The zero-order chi connectivity index (χ0) is 10.7. The summed E-state index contributed by atoms with van der Waals surface area (Å²) in [5.41, 5.74) is 0.252. The van der Waals surface area contributed by atoms with Crippen molar-refractivity contribution < 1.29 is 9.53 Å². The summed E-state index contributed by atoms with van der Waals surface area (Å²) in [6, 6.07) is 0. The number of carbonyl (C=O) groups is 1. The first kappa shape index (κ1) is 10.6. The molecule has 0 radical (unpaired) electrons. The van der Waals surface area contributed by atoms with Crippen molar-refractivity contribution in [1.82, 2.24) is 10.2 Å². The van der Waals surface area contributed by atoms with Gasteiger partial charge >= 0.3 is 5.97 Å². The first-order valence-corrected chi connectivity index (χ1v) is 4.55. The minimum absolute atomic E-state index is 0.0772. The summed E-state index contributed by atoms with van der Waals surface area (Å²) in [4.78, 5) is 22.7. The van der Waals surface area contributed by atoms with Gasteiger partial charge in [-0.3, -0.25) is 9.89 Å². The Labute approximate surface area is 81.5 Å². The van der Waals surface area contributed by atoms with Gasteiger partial charge in [-0.1, -0.05) is 13.8 Å². The lowest BCUT2D eigenvalue weighted by atomic mass is 10.1. The van der Waals surface area contributed by atoms with Crippen molar-refractivity contribution >= 4 is 5.97 Å². The van der Waals surface area contributed by atoms with Crippen LogP contribution in [-0.4, -0.2) is 22.8 Å². The minimum Gasteiger partial charge on any atom is -0.462 e. The van der Waals surface area contributed by atoms with Crippen LogP contribution in [0.15, 0.2) is 4.79 Å². The molecule has 5 heteroatoms. The molecule has 1 aromatic rings. The molecule has 0 aliphatic rings. The summed E-state index contributed by atoms with van der Waals surface area (Å²) < 4.78 is 4.78. The van der Waals surface area contributed by atoms with E-state index in [0.717, 1.165) is 0 Å². The van der Waals surface area contributed by atoms with Crippen molar-refractivity contribution in [3.05, 3.63) is 21.6 Å². The number of hydrogen-bond acceptors (Lipinski definition) is 3. The Kier molecular flexibility index (Phi) is 3.11. The van der Waals surface area contributed by atoms with Gasteiger partial charge in [0.2, 0.25) is 0 Å². The molecule has 1 heterocycles. The molecule has 0 atom stereocenters. The predicted octanol–water partition coefficient (Wildman–Crippen LogP) is 1.00. The second-order valence-electron chi connectivity index (χ2n) is 3.24. The van der Waals surface area contributed by atoms with E-state index < -0.39 is 11.5 Å². The van der Waals surface area contributed by atoms with Gasteiger partial charge < -0.3 is 9.84 Å². The summed E-state index contributed by atoms with van der Waals surface area (Å²) in [6.07, 6.45) is 0. The highest BCUT2D eigenvalue weighted by Crippen LogP contribution is 2.13. The first-order chi connectivity index (χ1) is 6.57. The molecule has 78 valence electrons. The molecule has 1 rings (SSSR count). The highest BCUT2D eigenvalue weighted by molar-refractivity contribution is 5.90. The fourth-order valence-corrected chi connectivity index (χ4v) is 1.21. The first-order valence-electron chi connectivity index (χ1n) is 4.55. The Hall–Kier alpha value is -1.52. The van der Waals surface area contributed by atoms with Crippen molar-refractivity contribution in [2.75, 3.05) is 6.61 Å². The van der Waals surface area contributed by atoms with E-state index >= 15 is 0 Å². The molecule has 0 spiro atoms. The van der Waals surface area contributed by atoms with Crippen molar-refractivity contribution in [3.8, 4) is 0 Å². The lowest BCUT2D eigenvalue weighted by Crippen LogP contribution is -2.17. The SMILES string of the molecule is CCOC(=O)c1c(C(C)C)[nH][nH]c1=O. The maximum Gasteiger partial charge on any atom is 0.345 e. The number of carbonyl (C=O) groups excluding carboxylic acids is 1. The molecule has 0 amide bonds. The standard InChI is InChI=1S/C9H14N2O3/c1-4-14-9(13)6-7(5(2)3)10-11-8(6)12/h5H,4H2,1-3H3,(H2,10,11,12). The van der Waals surface area contributed by atoms with Crippen LogP contribution in [0.1, 0.15) is 42.7 Å². The van der Waals surface area contributed by atoms with Gasteiger partial charge in [0, 0.05) is 0 Å². The Morgan fingerprint density at radius 3 is 2.57 bits per heavy atom. The number of rotatable bonds is 3. The maximum absolute atomic E-state index is 11.4. The third kappa shape index (κ3) is 1.86. The monoisotopic (exact) mass is 198 g/mol. The van der Waals surface area contributed by atoms with Crippen LogP contribution >= 0.6 is 0 Å². The zero-order valence-electron chi connectivity index (χ0n) is 8.51. The topological polar surface area (TPSA) is 75.0 Å². The molecule has 0 unspecified atom stereocenters. The second-order valence-corrected chi connectivity index (χ2v) is 3.24. The normalized spacial score (nSPS) is 10.6. The highest BCUT2D eigenvalue weighted by Gasteiger charge is 2.20. The van der Waals surface area contributed by atoms with Gasteiger partial charge in [0.15, 0.2) is 0 Å². The highest BCUT2D eigenvalue weighted by atomic mass is 16.5. The second kappa shape index (κ2) is 4.13. The lowest BCUT2D eigenvalue weighted by Gasteiger charge is -2.04. The molecule has 2 N–H and O–H groups in total. The van der Waals surface area contributed by atoms with E-state index in [1.165, 1.54) is 0 Å². The molecule has 0 aliphatic carbocycles. The van der Waals surface area contributed by atoms with Crippen LogP contribution in [0.25, 0.3) is 0 Å². The van der Waals surface area contributed by atoms with E-state index in [9.17, 15) is 9.59 Å². The largest absolute Gasteiger partial charge is 0.462 e. The van der Waals surface area contributed by atoms with E-state index in [1.54, 1.807) is 6.92 Å². The van der Waals surface area contributed by atoms with E-state index in [0.29, 0.717) is 5.69 Å². The number of hydrogen-bond donors (Lipinski definition) is 2. The average Bonchev–Trinajstić information content (AvgIpc) is 2.47. The molecule has 0 fully saturated rings. The van der Waals surface area contributed by atoms with Gasteiger partial charge in [-0.25, -0.2) is 4.79 Å². The zero-order valence-corrected chi connectivity index (χ0v) is 8.51. The molecule has 14 heavy (non-hydrogen) atoms. The Morgan fingerprint density at radius 1 is 1.43 bits per heavy atom. The molecule has 0 aliphatic heterocycles. The van der Waals surface area contributed by atoms with E-state index in [-0.39, 0.29) is 18.1 Å². The van der Waals surface area contributed by atoms with Gasteiger partial charge in [0.05, 0.1) is 12.3 Å². The van der Waals surface area contributed by atoms with Crippen LogP contribution in [0, 0.1) is 0 Å². The number of H-pyrrole nitrogens is 2. The molecule has 1 aromatic heterocycles. The fourth-order valence-electron chi connectivity index (χ4n) is 1.21. The third-order valence-electron chi connectivity index (χ3n) is 1.86. The van der Waals surface area contributed by atoms with Gasteiger partial charge in [0.25, 0.3) is 5.56 Å². The molecule has 0 bridgehead atoms. The van der Waals surface area contributed by atoms with Crippen LogP contribution in [0.5, 0.6) is 0 Å². The van der Waals surface area contributed by atoms with Crippen molar-refractivity contribution in [2.45, 2.75) is 26.7 Å². The van der Waals surface area contributed by atoms with Crippen LogP contribution in [0.3, 0.4) is 0 Å². The van der Waals surface area contributed by atoms with Crippen LogP contribution in [-0.2, 0) is 4.74 Å². The van der Waals surface area contributed by atoms with Crippen molar-refractivity contribution in [3.63, 3.8) is 0 Å². The van der Waals surface area contributed by atoms with Gasteiger partial charge in [0.1, 0.15) is 5.56 Å². The molecular formula is C9H14N2O3. The Balaban J connectivity index is 3.11. The molecule has 0 saturated carbocycles. The average molecular weight is 198 g/mol.